The summed E-state index contributed by atoms with van der Waals surface area (Å²) in [5, 5.41) is 6.23. The van der Waals surface area contributed by atoms with E-state index in [9.17, 15) is 4.79 Å². The second kappa shape index (κ2) is 8.67. The lowest BCUT2D eigenvalue weighted by atomic mass is 10.0. The number of aryl methyl sites for hydroxylation is 2. The highest BCUT2D eigenvalue weighted by Gasteiger charge is 2.13. The smallest absolute Gasteiger partial charge is 0.255 e. The van der Waals surface area contributed by atoms with Crippen molar-refractivity contribution in [1.82, 2.24) is 0 Å². The Morgan fingerprint density at radius 3 is 2.21 bits per heavy atom. The van der Waals surface area contributed by atoms with E-state index in [-0.39, 0.29) is 11.0 Å². The lowest BCUT2D eigenvalue weighted by Gasteiger charge is -2.16. The molecule has 0 aromatic heterocycles. The van der Waals surface area contributed by atoms with E-state index in [1.165, 1.54) is 0 Å². The molecule has 0 aliphatic carbocycles. The molecule has 0 heterocycles. The van der Waals surface area contributed by atoms with Crippen molar-refractivity contribution in [3.05, 3.63) is 83.4 Å². The first-order valence-electron chi connectivity index (χ1n) is 9.14. The van der Waals surface area contributed by atoms with Crippen molar-refractivity contribution in [1.29, 1.82) is 0 Å². The summed E-state index contributed by atoms with van der Waals surface area (Å²) >= 11 is 4.91. The molecule has 1 amide bonds. The first kappa shape index (κ1) is 19.6. The maximum absolute atomic E-state index is 12.8. The summed E-state index contributed by atoms with van der Waals surface area (Å²) in [6.45, 7) is 4.00. The molecule has 3 aromatic carbocycles. The van der Waals surface area contributed by atoms with Gasteiger partial charge in [0, 0.05) is 16.9 Å². The van der Waals surface area contributed by atoms with Crippen molar-refractivity contribution in [2.45, 2.75) is 20.3 Å². The third kappa shape index (κ3) is 4.56. The Labute approximate surface area is 170 Å². The van der Waals surface area contributed by atoms with Gasteiger partial charge in [-0.2, -0.15) is 0 Å². The Morgan fingerprint density at radius 2 is 1.61 bits per heavy atom. The van der Waals surface area contributed by atoms with Crippen LogP contribution in [-0.2, 0) is 6.42 Å². The van der Waals surface area contributed by atoms with Gasteiger partial charge in [-0.25, -0.2) is 0 Å². The number of carbonyl (C=O) groups is 1. The molecule has 4 nitrogen and oxygen atoms in total. The van der Waals surface area contributed by atoms with Crippen molar-refractivity contribution < 1.29 is 4.79 Å². The van der Waals surface area contributed by atoms with Crippen LogP contribution in [0.15, 0.2) is 66.7 Å². The molecule has 0 fully saturated rings. The fourth-order valence-corrected chi connectivity index (χ4v) is 3.28. The van der Waals surface area contributed by atoms with Crippen LogP contribution in [0, 0.1) is 6.92 Å². The van der Waals surface area contributed by atoms with E-state index in [0.717, 1.165) is 40.0 Å². The average molecular weight is 390 g/mol. The second-order valence-electron chi connectivity index (χ2n) is 6.57. The molecule has 28 heavy (non-hydrogen) atoms. The quantitative estimate of drug-likeness (QED) is 0.529. The fourth-order valence-electron chi connectivity index (χ4n) is 3.16. The molecule has 0 aliphatic heterocycles. The molecule has 4 N–H and O–H groups in total. The van der Waals surface area contributed by atoms with Crippen molar-refractivity contribution in [2.24, 2.45) is 5.73 Å². The van der Waals surface area contributed by atoms with E-state index >= 15 is 0 Å². The maximum atomic E-state index is 12.8. The average Bonchev–Trinajstić information content (AvgIpc) is 2.70. The van der Waals surface area contributed by atoms with Crippen LogP contribution in [0.2, 0.25) is 0 Å². The predicted octanol–water partition coefficient (Wildman–Crippen LogP) is 5.13. The molecule has 3 aromatic rings. The van der Waals surface area contributed by atoms with Crippen LogP contribution in [0.4, 0.5) is 11.4 Å². The van der Waals surface area contributed by atoms with Crippen LogP contribution in [0.25, 0.3) is 11.1 Å². The van der Waals surface area contributed by atoms with Gasteiger partial charge in [0.25, 0.3) is 5.91 Å². The molecule has 0 saturated heterocycles. The Balaban J connectivity index is 1.82. The van der Waals surface area contributed by atoms with Gasteiger partial charge >= 0.3 is 0 Å². The molecule has 5 heteroatoms. The molecule has 0 atom stereocenters. The summed E-state index contributed by atoms with van der Waals surface area (Å²) in [7, 11) is 0. The lowest BCUT2D eigenvalue weighted by Crippen LogP contribution is -2.19. The highest BCUT2D eigenvalue weighted by molar-refractivity contribution is 7.80. The zero-order valence-electron chi connectivity index (χ0n) is 16.0. The van der Waals surface area contributed by atoms with Gasteiger partial charge in [-0.05, 0) is 72.1 Å². The number of nitrogens with two attached hydrogens (primary N) is 1. The minimum Gasteiger partial charge on any atom is -0.376 e. The summed E-state index contributed by atoms with van der Waals surface area (Å²) in [6, 6.07) is 21.6. The first-order chi connectivity index (χ1) is 13.5. The Bertz CT molecular complexity index is 998. The van der Waals surface area contributed by atoms with E-state index in [0.29, 0.717) is 5.56 Å². The zero-order valence-corrected chi connectivity index (χ0v) is 16.8. The number of benzene rings is 3. The van der Waals surface area contributed by atoms with E-state index < -0.39 is 0 Å². The van der Waals surface area contributed by atoms with Gasteiger partial charge in [0.2, 0.25) is 0 Å². The summed E-state index contributed by atoms with van der Waals surface area (Å²) in [6.07, 6.45) is 0.774. The van der Waals surface area contributed by atoms with Crippen LogP contribution >= 0.6 is 12.2 Å². The van der Waals surface area contributed by atoms with E-state index in [1.54, 1.807) is 0 Å². The number of hydrogen-bond acceptors (Lipinski definition) is 2. The van der Waals surface area contributed by atoms with Crippen LogP contribution in [0.5, 0.6) is 0 Å². The SMILES string of the molecule is CCc1cc(NC(N)=S)cc(C)c1NC(=O)c1ccc(-c2ccccc2)cc1. The maximum Gasteiger partial charge on any atom is 0.255 e. The summed E-state index contributed by atoms with van der Waals surface area (Å²) in [5.74, 6) is -0.132. The number of thiocarbonyl (C=S) groups is 1. The molecular weight excluding hydrogens is 366 g/mol. The predicted molar refractivity (Wildman–Crippen MR) is 121 cm³/mol. The van der Waals surface area contributed by atoms with Crippen LogP contribution in [0.3, 0.4) is 0 Å². The van der Waals surface area contributed by atoms with Crippen LogP contribution in [0.1, 0.15) is 28.4 Å². The minimum absolute atomic E-state index is 0.132. The molecule has 0 unspecified atom stereocenters. The van der Waals surface area contributed by atoms with Gasteiger partial charge in [-0.3, -0.25) is 4.79 Å². The zero-order chi connectivity index (χ0) is 20.1. The fraction of sp³-hybridized carbons (Fsp3) is 0.130. The van der Waals surface area contributed by atoms with E-state index in [2.05, 4.69) is 22.8 Å². The molecule has 142 valence electrons. The van der Waals surface area contributed by atoms with Crippen molar-refractivity contribution in [3.63, 3.8) is 0 Å². The number of hydrogen-bond donors (Lipinski definition) is 3. The van der Waals surface area contributed by atoms with Gasteiger partial charge in [-0.15, -0.1) is 0 Å². The molecule has 0 saturated carbocycles. The van der Waals surface area contributed by atoms with Crippen LogP contribution in [-0.4, -0.2) is 11.0 Å². The monoisotopic (exact) mass is 389 g/mol. The van der Waals surface area contributed by atoms with Crippen LogP contribution < -0.4 is 16.4 Å². The lowest BCUT2D eigenvalue weighted by molar-refractivity contribution is 0.102. The van der Waals surface area contributed by atoms with E-state index in [1.807, 2.05) is 68.4 Å². The number of amides is 1. The molecule has 0 aliphatic rings. The van der Waals surface area contributed by atoms with Gasteiger partial charge in [0.15, 0.2) is 5.11 Å². The van der Waals surface area contributed by atoms with Crippen molar-refractivity contribution >= 4 is 34.6 Å². The molecule has 0 spiro atoms. The second-order valence-corrected chi connectivity index (χ2v) is 7.01. The van der Waals surface area contributed by atoms with Gasteiger partial charge < -0.3 is 16.4 Å². The highest BCUT2D eigenvalue weighted by Crippen LogP contribution is 2.27. The Morgan fingerprint density at radius 1 is 0.964 bits per heavy atom. The standard InChI is InChI=1S/C23H23N3OS/c1-3-16-14-20(25-23(24)28)13-15(2)21(16)26-22(27)19-11-9-18(10-12-19)17-7-5-4-6-8-17/h4-14H,3H2,1-2H3,(H,26,27)(H3,24,25,28). The van der Waals surface area contributed by atoms with Gasteiger partial charge in [0.05, 0.1) is 0 Å². The highest BCUT2D eigenvalue weighted by atomic mass is 32.1. The summed E-state index contributed by atoms with van der Waals surface area (Å²) in [5.41, 5.74) is 12.0. The molecule has 0 radical (unpaired) electrons. The topological polar surface area (TPSA) is 67.2 Å². The first-order valence-corrected chi connectivity index (χ1v) is 9.55. The summed E-state index contributed by atoms with van der Waals surface area (Å²) < 4.78 is 0. The molecule has 3 rings (SSSR count). The van der Waals surface area contributed by atoms with Gasteiger partial charge in [0.1, 0.15) is 0 Å². The van der Waals surface area contributed by atoms with E-state index in [4.69, 9.17) is 18.0 Å². The van der Waals surface area contributed by atoms with Gasteiger partial charge in [-0.1, -0.05) is 49.4 Å². The van der Waals surface area contributed by atoms with Crippen molar-refractivity contribution in [3.8, 4) is 11.1 Å². The largest absolute Gasteiger partial charge is 0.376 e. The number of rotatable bonds is 5. The normalized spacial score (nSPS) is 10.4. The molecular formula is C23H23N3OS. The third-order valence-electron chi connectivity index (χ3n) is 4.56. The minimum atomic E-state index is -0.132. The van der Waals surface area contributed by atoms with Crippen molar-refractivity contribution in [2.75, 3.05) is 10.6 Å². The third-order valence-corrected chi connectivity index (χ3v) is 4.66. The number of carbonyl (C=O) groups excluding carboxylic acids is 1. The number of nitrogens with one attached hydrogen (secondary N) is 2. The summed E-state index contributed by atoms with van der Waals surface area (Å²) in [4.78, 5) is 12.8. The Kier molecular flexibility index (Phi) is 6.06. The Hall–Kier alpha value is -3.18. The molecule has 0 bridgehead atoms. The number of anilines is 2.